The van der Waals surface area contributed by atoms with Gasteiger partial charge in [0.05, 0.1) is 18.0 Å². The summed E-state index contributed by atoms with van der Waals surface area (Å²) in [6.45, 7) is 3.08. The first-order chi connectivity index (χ1) is 10.8. The summed E-state index contributed by atoms with van der Waals surface area (Å²) in [6.07, 6.45) is 4.07. The number of hydrogen-bond donors (Lipinski definition) is 1. The van der Waals surface area contributed by atoms with E-state index >= 15 is 0 Å². The molecular weight excluding hydrogens is 288 g/mol. The van der Waals surface area contributed by atoms with E-state index in [0.717, 1.165) is 6.54 Å². The van der Waals surface area contributed by atoms with Crippen molar-refractivity contribution in [3.63, 3.8) is 0 Å². The third-order valence-electron chi connectivity index (χ3n) is 4.33. The van der Waals surface area contributed by atoms with Gasteiger partial charge < -0.3 is 0 Å². The fraction of sp³-hybridized carbons (Fsp3) is 0.211. The second-order valence-electron chi connectivity index (χ2n) is 5.69. The van der Waals surface area contributed by atoms with Gasteiger partial charge in [0, 0.05) is 11.1 Å². The summed E-state index contributed by atoms with van der Waals surface area (Å²) in [5, 5.41) is 4.03. The van der Waals surface area contributed by atoms with Crippen molar-refractivity contribution in [3.8, 4) is 11.1 Å². The van der Waals surface area contributed by atoms with Crippen LogP contribution in [0.2, 0.25) is 0 Å². The smallest absolute Gasteiger partial charge is 0.0841 e. The van der Waals surface area contributed by atoms with Crippen LogP contribution in [0.4, 0.5) is 0 Å². The normalized spacial score (nSPS) is 23.2. The van der Waals surface area contributed by atoms with Gasteiger partial charge in [-0.3, -0.25) is 10.3 Å². The number of thioether (sulfide) groups is 1. The van der Waals surface area contributed by atoms with Crippen LogP contribution in [0.1, 0.15) is 16.5 Å². The fourth-order valence-electron chi connectivity index (χ4n) is 3.13. The highest BCUT2D eigenvalue weighted by Crippen LogP contribution is 2.43. The highest BCUT2D eigenvalue weighted by atomic mass is 32.2. The van der Waals surface area contributed by atoms with E-state index in [9.17, 15) is 0 Å². The number of dihydropyridines is 1. The van der Waals surface area contributed by atoms with Gasteiger partial charge in [0.15, 0.2) is 0 Å². The average molecular weight is 306 g/mol. The summed E-state index contributed by atoms with van der Waals surface area (Å²) in [7, 11) is 0. The minimum atomic E-state index is 0.321. The minimum absolute atomic E-state index is 0.321. The summed E-state index contributed by atoms with van der Waals surface area (Å²) in [6, 6.07) is 17.6. The number of rotatable bonds is 2. The average Bonchev–Trinajstić information content (AvgIpc) is 2.99. The largest absolute Gasteiger partial charge is 0.292 e. The van der Waals surface area contributed by atoms with Crippen LogP contribution in [0.5, 0.6) is 0 Å². The molecular formula is C19H18N2S. The Morgan fingerprint density at radius 2 is 1.95 bits per heavy atom. The summed E-state index contributed by atoms with van der Waals surface area (Å²) in [4.78, 5) is 5.77. The van der Waals surface area contributed by atoms with Crippen molar-refractivity contribution in [2.24, 2.45) is 4.99 Å². The maximum Gasteiger partial charge on any atom is 0.0841 e. The minimum Gasteiger partial charge on any atom is -0.292 e. The SMILES string of the molecule is Cc1c(-c2ccccc2)cccc1C1NC2CN=CC=C2S1. The fourth-order valence-corrected chi connectivity index (χ4v) is 4.46. The van der Waals surface area contributed by atoms with Crippen molar-refractivity contribution < 1.29 is 0 Å². The number of nitrogens with zero attached hydrogens (tertiary/aromatic N) is 1. The predicted octanol–water partition coefficient (Wildman–Crippen LogP) is 4.33. The molecule has 0 amide bonds. The Morgan fingerprint density at radius 3 is 2.77 bits per heavy atom. The third kappa shape index (κ3) is 2.40. The number of aliphatic imine (C=N–C) groups is 1. The molecule has 0 aliphatic carbocycles. The molecule has 0 spiro atoms. The zero-order valence-electron chi connectivity index (χ0n) is 12.5. The van der Waals surface area contributed by atoms with Crippen molar-refractivity contribution in [3.05, 3.63) is 70.6 Å². The molecule has 2 heterocycles. The molecule has 2 aromatic rings. The van der Waals surface area contributed by atoms with E-state index in [-0.39, 0.29) is 0 Å². The molecule has 2 aromatic carbocycles. The second kappa shape index (κ2) is 5.75. The molecule has 0 bridgehead atoms. The van der Waals surface area contributed by atoms with E-state index in [2.05, 4.69) is 71.8 Å². The molecule has 2 unspecified atom stereocenters. The van der Waals surface area contributed by atoms with E-state index in [0.29, 0.717) is 11.4 Å². The van der Waals surface area contributed by atoms with Crippen molar-refractivity contribution >= 4 is 18.0 Å². The molecule has 1 fully saturated rings. The van der Waals surface area contributed by atoms with Gasteiger partial charge in [0.1, 0.15) is 0 Å². The molecule has 2 atom stereocenters. The number of nitrogens with one attached hydrogen (secondary N) is 1. The first kappa shape index (κ1) is 13.8. The highest BCUT2D eigenvalue weighted by molar-refractivity contribution is 8.03. The van der Waals surface area contributed by atoms with Gasteiger partial charge in [0.2, 0.25) is 0 Å². The molecule has 110 valence electrons. The number of benzene rings is 2. The van der Waals surface area contributed by atoms with E-state index in [4.69, 9.17) is 0 Å². The molecule has 4 rings (SSSR count). The van der Waals surface area contributed by atoms with Crippen LogP contribution < -0.4 is 5.32 Å². The maximum atomic E-state index is 4.36. The lowest BCUT2D eigenvalue weighted by atomic mass is 9.96. The van der Waals surface area contributed by atoms with E-state index in [1.54, 1.807) is 0 Å². The van der Waals surface area contributed by atoms with Crippen molar-refractivity contribution in [2.75, 3.05) is 6.54 Å². The van der Waals surface area contributed by atoms with Crippen molar-refractivity contribution in [1.29, 1.82) is 0 Å². The Hall–Kier alpha value is -1.84. The van der Waals surface area contributed by atoms with Crippen molar-refractivity contribution in [1.82, 2.24) is 5.32 Å². The Labute approximate surface area is 135 Å². The zero-order chi connectivity index (χ0) is 14.9. The van der Waals surface area contributed by atoms with Crippen LogP contribution in [-0.2, 0) is 0 Å². The Bertz CT molecular complexity index is 749. The van der Waals surface area contributed by atoms with Crippen LogP contribution in [0.3, 0.4) is 0 Å². The molecule has 2 aliphatic rings. The molecule has 0 aromatic heterocycles. The summed E-state index contributed by atoms with van der Waals surface area (Å²) < 4.78 is 0. The lowest BCUT2D eigenvalue weighted by Gasteiger charge is -2.17. The predicted molar refractivity (Wildman–Crippen MR) is 95.3 cm³/mol. The Morgan fingerprint density at radius 1 is 1.09 bits per heavy atom. The number of fused-ring (bicyclic) bond motifs is 1. The molecule has 1 saturated heterocycles. The molecule has 2 aliphatic heterocycles. The highest BCUT2D eigenvalue weighted by Gasteiger charge is 2.31. The van der Waals surface area contributed by atoms with Gasteiger partial charge in [0.25, 0.3) is 0 Å². The number of hydrogen-bond acceptors (Lipinski definition) is 3. The Balaban J connectivity index is 1.69. The molecule has 0 radical (unpaired) electrons. The monoisotopic (exact) mass is 306 g/mol. The molecule has 1 N–H and O–H groups in total. The summed E-state index contributed by atoms with van der Waals surface area (Å²) in [5.41, 5.74) is 5.34. The molecule has 22 heavy (non-hydrogen) atoms. The third-order valence-corrected chi connectivity index (χ3v) is 5.64. The number of allylic oxidation sites excluding steroid dienone is 1. The van der Waals surface area contributed by atoms with Crippen molar-refractivity contribution in [2.45, 2.75) is 18.3 Å². The van der Waals surface area contributed by atoms with Gasteiger partial charge in [-0.05, 0) is 35.3 Å². The lowest BCUT2D eigenvalue weighted by Crippen LogP contribution is -2.29. The van der Waals surface area contributed by atoms with E-state index in [1.807, 2.05) is 18.0 Å². The lowest BCUT2D eigenvalue weighted by molar-refractivity contribution is 0.606. The van der Waals surface area contributed by atoms with Gasteiger partial charge in [-0.15, -0.1) is 11.8 Å². The first-order valence-corrected chi connectivity index (χ1v) is 8.48. The standard InChI is InChI=1S/C19H18N2S/c1-13-15(14-6-3-2-4-7-14)8-5-9-16(13)19-21-17-12-20-11-10-18(17)22-19/h2-11,17,19,21H,12H2,1H3. The van der Waals surface area contributed by atoms with Gasteiger partial charge >= 0.3 is 0 Å². The molecule has 0 saturated carbocycles. The molecule has 2 nitrogen and oxygen atoms in total. The summed E-state index contributed by atoms with van der Waals surface area (Å²) >= 11 is 1.92. The van der Waals surface area contributed by atoms with Crippen LogP contribution in [-0.4, -0.2) is 18.8 Å². The zero-order valence-corrected chi connectivity index (χ0v) is 13.3. The van der Waals surface area contributed by atoms with Crippen LogP contribution in [0, 0.1) is 6.92 Å². The van der Waals surface area contributed by atoms with Gasteiger partial charge in [-0.25, -0.2) is 0 Å². The van der Waals surface area contributed by atoms with Crippen LogP contribution in [0.25, 0.3) is 11.1 Å². The van der Waals surface area contributed by atoms with E-state index < -0.39 is 0 Å². The van der Waals surface area contributed by atoms with Gasteiger partial charge in [-0.1, -0.05) is 48.5 Å². The maximum absolute atomic E-state index is 4.36. The Kier molecular flexibility index (Phi) is 3.60. The quantitative estimate of drug-likeness (QED) is 0.893. The summed E-state index contributed by atoms with van der Waals surface area (Å²) in [5.74, 6) is 0. The van der Waals surface area contributed by atoms with Crippen LogP contribution >= 0.6 is 11.8 Å². The second-order valence-corrected chi connectivity index (χ2v) is 6.86. The topological polar surface area (TPSA) is 24.4 Å². The van der Waals surface area contributed by atoms with Gasteiger partial charge in [-0.2, -0.15) is 0 Å². The van der Waals surface area contributed by atoms with E-state index in [1.165, 1.54) is 27.2 Å². The van der Waals surface area contributed by atoms with Crippen LogP contribution in [0.15, 0.2) is 64.5 Å². The molecule has 3 heteroatoms. The first-order valence-electron chi connectivity index (χ1n) is 7.60.